The Morgan fingerprint density at radius 3 is 2.50 bits per heavy atom. The van der Waals surface area contributed by atoms with Crippen LogP contribution < -0.4 is 4.72 Å². The van der Waals surface area contributed by atoms with Gasteiger partial charge in [-0.1, -0.05) is 24.3 Å². The highest BCUT2D eigenvalue weighted by Crippen LogP contribution is 2.19. The van der Waals surface area contributed by atoms with Gasteiger partial charge in [-0.05, 0) is 54.4 Å². The summed E-state index contributed by atoms with van der Waals surface area (Å²) in [6, 6.07) is 17.3. The van der Waals surface area contributed by atoms with E-state index in [4.69, 9.17) is 0 Å². The van der Waals surface area contributed by atoms with Crippen LogP contribution in [0.25, 0.3) is 0 Å². The van der Waals surface area contributed by atoms with Gasteiger partial charge in [0.25, 0.3) is 15.9 Å². The van der Waals surface area contributed by atoms with Crippen molar-refractivity contribution in [2.45, 2.75) is 18.4 Å². The summed E-state index contributed by atoms with van der Waals surface area (Å²) in [5, 5.41) is 0. The van der Waals surface area contributed by atoms with Gasteiger partial charge in [-0.3, -0.25) is 19.4 Å². The van der Waals surface area contributed by atoms with Gasteiger partial charge in [-0.2, -0.15) is 0 Å². The van der Waals surface area contributed by atoms with Crippen LogP contribution in [0.5, 0.6) is 0 Å². The zero-order chi connectivity index (χ0) is 22.6. The zero-order valence-electron chi connectivity index (χ0n) is 17.9. The van der Waals surface area contributed by atoms with Gasteiger partial charge in [0, 0.05) is 56.4 Å². The number of anilines is 1. The van der Waals surface area contributed by atoms with E-state index in [1.54, 1.807) is 41.4 Å². The fraction of sp³-hybridized carbons (Fsp3) is 0.250. The molecule has 3 aromatic rings. The summed E-state index contributed by atoms with van der Waals surface area (Å²) >= 11 is 0. The molecule has 1 aliphatic rings. The van der Waals surface area contributed by atoms with E-state index in [1.165, 1.54) is 12.1 Å². The molecule has 1 saturated heterocycles. The number of amides is 1. The molecule has 0 aliphatic carbocycles. The molecular weight excluding hydrogens is 424 g/mol. The number of aryl methyl sites for hydroxylation is 1. The third-order valence-electron chi connectivity index (χ3n) is 5.45. The molecule has 0 bridgehead atoms. The maximum absolute atomic E-state index is 13.0. The van der Waals surface area contributed by atoms with Crippen molar-refractivity contribution in [3.05, 3.63) is 89.7 Å². The molecule has 0 saturated carbocycles. The number of benzene rings is 2. The molecule has 7 nitrogen and oxygen atoms in total. The summed E-state index contributed by atoms with van der Waals surface area (Å²) in [6.07, 6.45) is 3.61. The van der Waals surface area contributed by atoms with Gasteiger partial charge in [0.1, 0.15) is 0 Å². The third kappa shape index (κ3) is 5.33. The molecule has 4 rings (SSSR count). The molecule has 0 atom stereocenters. The minimum Gasteiger partial charge on any atom is -0.336 e. The van der Waals surface area contributed by atoms with E-state index < -0.39 is 10.0 Å². The molecule has 1 amide bonds. The summed E-state index contributed by atoms with van der Waals surface area (Å²) in [6.45, 7) is 5.40. The largest absolute Gasteiger partial charge is 0.336 e. The average Bonchev–Trinajstić information content (AvgIpc) is 2.80. The molecule has 2 heterocycles. The van der Waals surface area contributed by atoms with Crippen molar-refractivity contribution in [3.63, 3.8) is 0 Å². The Balaban J connectivity index is 1.41. The molecule has 1 fully saturated rings. The monoisotopic (exact) mass is 450 g/mol. The first-order valence-corrected chi connectivity index (χ1v) is 12.0. The van der Waals surface area contributed by atoms with E-state index in [9.17, 15) is 13.2 Å². The molecule has 0 radical (unpaired) electrons. The van der Waals surface area contributed by atoms with Crippen molar-refractivity contribution < 1.29 is 13.2 Å². The van der Waals surface area contributed by atoms with Gasteiger partial charge in [-0.25, -0.2) is 8.42 Å². The second kappa shape index (κ2) is 9.50. The number of pyridine rings is 1. The smallest absolute Gasteiger partial charge is 0.261 e. The molecule has 0 spiro atoms. The van der Waals surface area contributed by atoms with Gasteiger partial charge in [-0.15, -0.1) is 0 Å². The first-order chi connectivity index (χ1) is 15.4. The van der Waals surface area contributed by atoms with Gasteiger partial charge >= 0.3 is 0 Å². The number of carbonyl (C=O) groups is 1. The molecule has 0 unspecified atom stereocenters. The Morgan fingerprint density at radius 1 is 1.00 bits per heavy atom. The van der Waals surface area contributed by atoms with Crippen LogP contribution in [0.15, 0.2) is 78.0 Å². The lowest BCUT2D eigenvalue weighted by Crippen LogP contribution is -2.48. The minimum absolute atomic E-state index is 0.0695. The van der Waals surface area contributed by atoms with Crippen LogP contribution >= 0.6 is 0 Å². The summed E-state index contributed by atoms with van der Waals surface area (Å²) < 4.78 is 28.3. The van der Waals surface area contributed by atoms with Gasteiger partial charge in [0.15, 0.2) is 0 Å². The van der Waals surface area contributed by atoms with Crippen molar-refractivity contribution in [2.24, 2.45) is 0 Å². The number of hydrogen-bond donors (Lipinski definition) is 1. The number of sulfonamides is 1. The van der Waals surface area contributed by atoms with Crippen LogP contribution in [0.3, 0.4) is 0 Å². The van der Waals surface area contributed by atoms with Crippen LogP contribution in [0.1, 0.15) is 21.5 Å². The lowest BCUT2D eigenvalue weighted by atomic mass is 10.1. The van der Waals surface area contributed by atoms with E-state index in [-0.39, 0.29) is 10.8 Å². The molecular formula is C24H26N4O3S. The van der Waals surface area contributed by atoms with Crippen molar-refractivity contribution in [1.82, 2.24) is 14.8 Å². The first kappa shape index (κ1) is 22.0. The quantitative estimate of drug-likeness (QED) is 0.624. The summed E-state index contributed by atoms with van der Waals surface area (Å²) in [5.74, 6) is -0.154. The van der Waals surface area contributed by atoms with Crippen LogP contribution in [-0.4, -0.2) is 55.3 Å². The molecule has 1 N–H and O–H groups in total. The van der Waals surface area contributed by atoms with Crippen LogP contribution in [0.2, 0.25) is 0 Å². The van der Waals surface area contributed by atoms with Crippen molar-refractivity contribution >= 4 is 21.6 Å². The average molecular weight is 451 g/mol. The van der Waals surface area contributed by atoms with E-state index in [0.29, 0.717) is 24.3 Å². The maximum Gasteiger partial charge on any atom is 0.261 e. The molecule has 32 heavy (non-hydrogen) atoms. The van der Waals surface area contributed by atoms with Crippen molar-refractivity contribution in [2.75, 3.05) is 30.9 Å². The van der Waals surface area contributed by atoms with Gasteiger partial charge in [0.05, 0.1) is 4.90 Å². The van der Waals surface area contributed by atoms with E-state index >= 15 is 0 Å². The van der Waals surface area contributed by atoms with Crippen LogP contribution in [0, 0.1) is 6.92 Å². The zero-order valence-corrected chi connectivity index (χ0v) is 18.8. The molecule has 166 valence electrons. The fourth-order valence-electron chi connectivity index (χ4n) is 3.76. The summed E-state index contributed by atoms with van der Waals surface area (Å²) in [5.41, 5.74) is 2.97. The number of carbonyl (C=O) groups excluding carboxylic acids is 1. The number of hydrogen-bond acceptors (Lipinski definition) is 5. The van der Waals surface area contributed by atoms with Crippen LogP contribution in [-0.2, 0) is 16.6 Å². The lowest BCUT2D eigenvalue weighted by Gasteiger charge is -2.34. The Kier molecular flexibility index (Phi) is 6.53. The maximum atomic E-state index is 13.0. The highest BCUT2D eigenvalue weighted by atomic mass is 32.2. The Bertz CT molecular complexity index is 1190. The van der Waals surface area contributed by atoms with Gasteiger partial charge < -0.3 is 4.90 Å². The Hall–Kier alpha value is -3.23. The second-order valence-corrected chi connectivity index (χ2v) is 9.61. The number of nitrogens with one attached hydrogen (secondary N) is 1. The second-order valence-electron chi connectivity index (χ2n) is 7.93. The molecule has 1 aromatic heterocycles. The minimum atomic E-state index is -3.80. The number of piperazine rings is 1. The summed E-state index contributed by atoms with van der Waals surface area (Å²) in [7, 11) is -3.80. The standard InChI is InChI=1S/C24H26N4O3S/c1-19-5-2-8-22(15-19)26-32(30,31)23-9-3-7-21(16-23)24(29)28-13-11-27(12-14-28)18-20-6-4-10-25-17-20/h2-10,15-17,26H,11-14,18H2,1H3. The third-order valence-corrected chi connectivity index (χ3v) is 6.83. The molecule has 8 heteroatoms. The number of rotatable bonds is 6. The predicted octanol–water partition coefficient (Wildman–Crippen LogP) is 3.15. The highest BCUT2D eigenvalue weighted by Gasteiger charge is 2.24. The SMILES string of the molecule is Cc1cccc(NS(=O)(=O)c2cccc(C(=O)N3CCN(Cc4cccnc4)CC3)c2)c1. The Labute approximate surface area is 188 Å². The topological polar surface area (TPSA) is 82.6 Å². The first-order valence-electron chi connectivity index (χ1n) is 10.5. The number of nitrogens with zero attached hydrogens (tertiary/aromatic N) is 3. The predicted molar refractivity (Wildman–Crippen MR) is 124 cm³/mol. The van der Waals surface area contributed by atoms with Crippen molar-refractivity contribution in [3.8, 4) is 0 Å². The van der Waals surface area contributed by atoms with Gasteiger partial charge in [0.2, 0.25) is 0 Å². The van der Waals surface area contributed by atoms with E-state index in [2.05, 4.69) is 14.6 Å². The molecule has 2 aromatic carbocycles. The van der Waals surface area contributed by atoms with Crippen LogP contribution in [0.4, 0.5) is 5.69 Å². The lowest BCUT2D eigenvalue weighted by molar-refractivity contribution is 0.0628. The van der Waals surface area contributed by atoms with Crippen molar-refractivity contribution in [1.29, 1.82) is 0 Å². The highest BCUT2D eigenvalue weighted by molar-refractivity contribution is 7.92. The van der Waals surface area contributed by atoms with E-state index in [1.807, 2.05) is 31.3 Å². The number of aromatic nitrogens is 1. The summed E-state index contributed by atoms with van der Waals surface area (Å²) in [4.78, 5) is 21.3. The van der Waals surface area contributed by atoms with E-state index in [0.717, 1.165) is 30.8 Å². The Morgan fingerprint density at radius 2 is 1.78 bits per heavy atom. The normalized spacial score (nSPS) is 14.8. The fourth-order valence-corrected chi connectivity index (χ4v) is 4.86. The molecule has 1 aliphatic heterocycles.